The Bertz CT molecular complexity index is 699. The summed E-state index contributed by atoms with van der Waals surface area (Å²) in [6.45, 7) is 1.23. The van der Waals surface area contributed by atoms with Gasteiger partial charge in [0, 0.05) is 30.7 Å². The van der Waals surface area contributed by atoms with Crippen LogP contribution in [0.4, 0.5) is 5.69 Å². The number of nitrogens with zero attached hydrogens (tertiary/aromatic N) is 2. The van der Waals surface area contributed by atoms with Gasteiger partial charge in [-0.1, -0.05) is 0 Å². The van der Waals surface area contributed by atoms with Crippen LogP contribution in [0.25, 0.3) is 11.0 Å². The second kappa shape index (κ2) is 3.57. The first-order valence-electron chi connectivity index (χ1n) is 6.61. The Morgan fingerprint density at radius 1 is 1.42 bits per heavy atom. The normalized spacial score (nSPS) is 21.4. The molecule has 98 valence electrons. The van der Waals surface area contributed by atoms with E-state index >= 15 is 0 Å². The molecule has 4 rings (SSSR count). The summed E-state index contributed by atoms with van der Waals surface area (Å²) in [7, 11) is 0. The molecule has 0 bridgehead atoms. The third kappa shape index (κ3) is 1.65. The van der Waals surface area contributed by atoms with Gasteiger partial charge in [0.1, 0.15) is 11.2 Å². The molecule has 5 heteroatoms. The molecule has 0 atom stereocenters. The average Bonchev–Trinajstić information content (AvgIpc) is 3.18. The Kier molecular flexibility index (Phi) is 2.07. The number of β-amino-alcohol motifs (C(OH)–C–C–N with tert-alkyl or cyclic N) is 1. The summed E-state index contributed by atoms with van der Waals surface area (Å²) in [4.78, 5) is 20.7. The molecule has 1 saturated heterocycles. The highest BCUT2D eigenvalue weighted by Crippen LogP contribution is 2.46. The molecule has 0 amide bonds. The standard InChI is InChI=1S/C14H15N3O2/c18-12-6-11(10-2-1-5-15-13(10)16-12)17-7-14(19,8-17)9-3-4-9/h1-2,5-6,9,19H,3-4,7-8H2,(H,15,16,18). The number of H-pyrrole nitrogens is 1. The number of rotatable bonds is 2. The highest BCUT2D eigenvalue weighted by Gasteiger charge is 2.52. The number of aromatic amines is 1. The van der Waals surface area contributed by atoms with Crippen molar-refractivity contribution >= 4 is 16.7 Å². The van der Waals surface area contributed by atoms with Crippen LogP contribution < -0.4 is 10.5 Å². The lowest BCUT2D eigenvalue weighted by atomic mass is 9.88. The van der Waals surface area contributed by atoms with Crippen molar-refractivity contribution in [2.75, 3.05) is 18.0 Å². The highest BCUT2D eigenvalue weighted by molar-refractivity contribution is 5.89. The number of anilines is 1. The van der Waals surface area contributed by atoms with Gasteiger partial charge in [0.2, 0.25) is 0 Å². The van der Waals surface area contributed by atoms with Gasteiger partial charge in [0.15, 0.2) is 0 Å². The minimum absolute atomic E-state index is 0.150. The Hall–Kier alpha value is -1.88. The minimum Gasteiger partial charge on any atom is -0.386 e. The molecule has 2 N–H and O–H groups in total. The van der Waals surface area contributed by atoms with Crippen LogP contribution in [0.2, 0.25) is 0 Å². The van der Waals surface area contributed by atoms with Gasteiger partial charge in [-0.15, -0.1) is 0 Å². The summed E-state index contributed by atoms with van der Waals surface area (Å²) >= 11 is 0. The molecule has 0 unspecified atom stereocenters. The van der Waals surface area contributed by atoms with Crippen molar-refractivity contribution in [1.29, 1.82) is 0 Å². The van der Waals surface area contributed by atoms with E-state index in [1.54, 1.807) is 12.3 Å². The quantitative estimate of drug-likeness (QED) is 0.838. The van der Waals surface area contributed by atoms with Crippen molar-refractivity contribution in [3.63, 3.8) is 0 Å². The molecule has 0 radical (unpaired) electrons. The fourth-order valence-electron chi connectivity index (χ4n) is 2.99. The smallest absolute Gasteiger partial charge is 0.251 e. The van der Waals surface area contributed by atoms with Gasteiger partial charge in [-0.2, -0.15) is 0 Å². The zero-order valence-electron chi connectivity index (χ0n) is 10.5. The molecule has 0 spiro atoms. The number of nitrogens with one attached hydrogen (secondary N) is 1. The van der Waals surface area contributed by atoms with Crippen LogP contribution in [0.3, 0.4) is 0 Å². The van der Waals surface area contributed by atoms with Gasteiger partial charge in [-0.05, 0) is 30.9 Å². The predicted molar refractivity (Wildman–Crippen MR) is 72.3 cm³/mol. The van der Waals surface area contributed by atoms with Gasteiger partial charge in [-0.25, -0.2) is 4.98 Å². The maximum absolute atomic E-state index is 11.7. The fraction of sp³-hybridized carbons (Fsp3) is 0.429. The topological polar surface area (TPSA) is 69.2 Å². The van der Waals surface area contributed by atoms with E-state index in [0.29, 0.717) is 24.7 Å². The maximum Gasteiger partial charge on any atom is 0.251 e. The summed E-state index contributed by atoms with van der Waals surface area (Å²) in [6, 6.07) is 5.40. The van der Waals surface area contributed by atoms with Gasteiger partial charge >= 0.3 is 0 Å². The predicted octanol–water partition coefficient (Wildman–Crippen LogP) is 0.884. The van der Waals surface area contributed by atoms with Gasteiger partial charge in [0.05, 0.1) is 5.69 Å². The van der Waals surface area contributed by atoms with E-state index in [1.165, 1.54) is 0 Å². The van der Waals surface area contributed by atoms with Crippen LogP contribution >= 0.6 is 0 Å². The van der Waals surface area contributed by atoms with E-state index < -0.39 is 5.60 Å². The van der Waals surface area contributed by atoms with Crippen molar-refractivity contribution in [3.8, 4) is 0 Å². The average molecular weight is 257 g/mol. The van der Waals surface area contributed by atoms with Gasteiger partial charge < -0.3 is 15.0 Å². The third-order valence-electron chi connectivity index (χ3n) is 4.20. The minimum atomic E-state index is -0.545. The molecule has 19 heavy (non-hydrogen) atoms. The van der Waals surface area contributed by atoms with Crippen LogP contribution in [0.15, 0.2) is 29.2 Å². The van der Waals surface area contributed by atoms with Gasteiger partial charge in [-0.3, -0.25) is 4.79 Å². The van der Waals surface area contributed by atoms with Crippen molar-refractivity contribution in [1.82, 2.24) is 9.97 Å². The van der Waals surface area contributed by atoms with Crippen molar-refractivity contribution in [2.24, 2.45) is 5.92 Å². The van der Waals surface area contributed by atoms with Crippen LogP contribution in [-0.2, 0) is 0 Å². The van der Waals surface area contributed by atoms with E-state index in [0.717, 1.165) is 23.9 Å². The Labute approximate surface area is 109 Å². The summed E-state index contributed by atoms with van der Waals surface area (Å²) in [6.07, 6.45) is 3.92. The van der Waals surface area contributed by atoms with E-state index in [1.807, 2.05) is 12.1 Å². The lowest BCUT2D eigenvalue weighted by molar-refractivity contribution is -0.00916. The molecule has 5 nitrogen and oxygen atoms in total. The summed E-state index contributed by atoms with van der Waals surface area (Å²) in [5.74, 6) is 0.454. The number of aliphatic hydroxyl groups is 1. The lowest BCUT2D eigenvalue weighted by Gasteiger charge is -2.48. The Morgan fingerprint density at radius 2 is 2.21 bits per heavy atom. The first-order chi connectivity index (χ1) is 9.16. The van der Waals surface area contributed by atoms with Crippen LogP contribution in [-0.4, -0.2) is 33.8 Å². The molecular weight excluding hydrogens is 242 g/mol. The zero-order valence-corrected chi connectivity index (χ0v) is 10.5. The first kappa shape index (κ1) is 11.0. The van der Waals surface area contributed by atoms with E-state index in [-0.39, 0.29) is 5.56 Å². The van der Waals surface area contributed by atoms with E-state index in [2.05, 4.69) is 14.9 Å². The largest absolute Gasteiger partial charge is 0.386 e. The van der Waals surface area contributed by atoms with E-state index in [9.17, 15) is 9.90 Å². The van der Waals surface area contributed by atoms with Crippen molar-refractivity contribution in [2.45, 2.75) is 18.4 Å². The second-order valence-corrected chi connectivity index (χ2v) is 5.65. The SMILES string of the molecule is O=c1cc(N2CC(O)(C3CC3)C2)c2cccnc2[nH]1. The Balaban J connectivity index is 1.74. The fourth-order valence-corrected chi connectivity index (χ4v) is 2.99. The third-order valence-corrected chi connectivity index (χ3v) is 4.20. The number of pyridine rings is 2. The highest BCUT2D eigenvalue weighted by atomic mass is 16.3. The van der Waals surface area contributed by atoms with Crippen LogP contribution in [0, 0.1) is 5.92 Å². The molecule has 2 aromatic rings. The zero-order chi connectivity index (χ0) is 13.0. The van der Waals surface area contributed by atoms with Crippen LogP contribution in [0.1, 0.15) is 12.8 Å². The van der Waals surface area contributed by atoms with Crippen molar-refractivity contribution < 1.29 is 5.11 Å². The molecule has 2 fully saturated rings. The first-order valence-corrected chi connectivity index (χ1v) is 6.61. The second-order valence-electron chi connectivity index (χ2n) is 5.65. The maximum atomic E-state index is 11.7. The van der Waals surface area contributed by atoms with Crippen LogP contribution in [0.5, 0.6) is 0 Å². The monoisotopic (exact) mass is 257 g/mol. The van der Waals surface area contributed by atoms with Gasteiger partial charge in [0.25, 0.3) is 5.56 Å². The number of aromatic nitrogens is 2. The molecule has 2 aliphatic rings. The molecule has 2 aromatic heterocycles. The van der Waals surface area contributed by atoms with E-state index in [4.69, 9.17) is 0 Å². The molecular formula is C14H15N3O2. The van der Waals surface area contributed by atoms with Crippen molar-refractivity contribution in [3.05, 3.63) is 34.7 Å². The number of fused-ring (bicyclic) bond motifs is 1. The summed E-state index contributed by atoms with van der Waals surface area (Å²) < 4.78 is 0. The molecule has 3 heterocycles. The molecule has 0 aromatic carbocycles. The molecule has 1 aliphatic carbocycles. The number of hydrogen-bond acceptors (Lipinski definition) is 4. The number of hydrogen-bond donors (Lipinski definition) is 2. The summed E-state index contributed by atoms with van der Waals surface area (Å²) in [5.41, 5.74) is 0.782. The molecule has 1 aliphatic heterocycles. The summed E-state index contributed by atoms with van der Waals surface area (Å²) in [5, 5.41) is 11.3. The lowest BCUT2D eigenvalue weighted by Crippen LogP contribution is -2.63. The Morgan fingerprint density at radius 3 is 2.95 bits per heavy atom. The molecule has 1 saturated carbocycles.